The highest BCUT2D eigenvalue weighted by Crippen LogP contribution is 2.31. The zero-order valence-corrected chi connectivity index (χ0v) is 14.3. The lowest BCUT2D eigenvalue weighted by Gasteiger charge is -2.09. The summed E-state index contributed by atoms with van der Waals surface area (Å²) in [4.78, 5) is 23.8. The van der Waals surface area contributed by atoms with Gasteiger partial charge in [0.05, 0.1) is 26.2 Å². The van der Waals surface area contributed by atoms with Crippen LogP contribution >= 0.6 is 46.1 Å². The molecule has 1 aromatic heterocycles. The molecule has 0 saturated carbocycles. The number of hydrogen-bond donors (Lipinski definition) is 1. The molecule has 1 amide bonds. The number of rotatable bonds is 4. The quantitative estimate of drug-likeness (QED) is 0.622. The number of amides is 1. The van der Waals surface area contributed by atoms with Gasteiger partial charge < -0.3 is 10.1 Å². The number of carbonyl (C=O) groups is 2. The zero-order chi connectivity index (χ0) is 17.0. The van der Waals surface area contributed by atoms with Crippen LogP contribution < -0.4 is 5.32 Å². The Labute approximate surface area is 150 Å². The van der Waals surface area contributed by atoms with Gasteiger partial charge in [-0.05, 0) is 23.6 Å². The minimum atomic E-state index is -0.871. The smallest absolute Gasteiger partial charge is 0.341 e. The molecule has 0 bridgehead atoms. The standard InChI is InChI=1S/C14H7Cl3N2O3S/c15-8-1-2-9(16)12(17)11(8)14(21)22-6-10(20)19-13-7(5-18)3-4-23-13/h1-4H,6H2,(H,19,20). The molecule has 0 unspecified atom stereocenters. The Morgan fingerprint density at radius 1 is 1.22 bits per heavy atom. The van der Waals surface area contributed by atoms with Crippen molar-refractivity contribution in [2.24, 2.45) is 0 Å². The largest absolute Gasteiger partial charge is 0.452 e. The van der Waals surface area contributed by atoms with Crippen molar-refractivity contribution in [2.75, 3.05) is 11.9 Å². The molecule has 118 valence electrons. The zero-order valence-electron chi connectivity index (χ0n) is 11.2. The van der Waals surface area contributed by atoms with Gasteiger partial charge in [0.15, 0.2) is 6.61 Å². The number of ether oxygens (including phenoxy) is 1. The van der Waals surface area contributed by atoms with Gasteiger partial charge in [-0.15, -0.1) is 11.3 Å². The van der Waals surface area contributed by atoms with Crippen molar-refractivity contribution in [1.82, 2.24) is 0 Å². The van der Waals surface area contributed by atoms with E-state index < -0.39 is 18.5 Å². The van der Waals surface area contributed by atoms with Crippen LogP contribution in [0.4, 0.5) is 5.00 Å². The lowest BCUT2D eigenvalue weighted by atomic mass is 10.2. The van der Waals surface area contributed by atoms with Crippen LogP contribution in [0.5, 0.6) is 0 Å². The maximum absolute atomic E-state index is 12.0. The maximum atomic E-state index is 12.0. The Balaban J connectivity index is 2.01. The number of nitrogens with zero attached hydrogens (tertiary/aromatic N) is 1. The summed E-state index contributed by atoms with van der Waals surface area (Å²) >= 11 is 18.8. The summed E-state index contributed by atoms with van der Waals surface area (Å²) in [6.07, 6.45) is 0. The average Bonchev–Trinajstić information content (AvgIpc) is 2.96. The molecule has 1 aromatic carbocycles. The van der Waals surface area contributed by atoms with Gasteiger partial charge in [-0.1, -0.05) is 34.8 Å². The summed E-state index contributed by atoms with van der Waals surface area (Å²) in [5.41, 5.74) is 0.220. The molecular formula is C14H7Cl3N2O3S. The van der Waals surface area contributed by atoms with Gasteiger partial charge >= 0.3 is 5.97 Å². The molecule has 1 N–H and O–H groups in total. The van der Waals surface area contributed by atoms with E-state index in [1.165, 1.54) is 23.5 Å². The molecule has 0 aliphatic rings. The lowest BCUT2D eigenvalue weighted by molar-refractivity contribution is -0.119. The molecule has 2 rings (SSSR count). The fourth-order valence-corrected chi connectivity index (χ4v) is 3.01. The Bertz CT molecular complexity index is 814. The number of thiophene rings is 1. The number of benzene rings is 1. The van der Waals surface area contributed by atoms with E-state index in [1.807, 2.05) is 6.07 Å². The van der Waals surface area contributed by atoms with Crippen LogP contribution in [0.2, 0.25) is 15.1 Å². The fourth-order valence-electron chi connectivity index (χ4n) is 1.57. The first-order valence-electron chi connectivity index (χ1n) is 6.02. The summed E-state index contributed by atoms with van der Waals surface area (Å²) in [7, 11) is 0. The van der Waals surface area contributed by atoms with E-state index in [2.05, 4.69) is 5.32 Å². The Morgan fingerprint density at radius 2 is 1.91 bits per heavy atom. The summed E-state index contributed by atoms with van der Waals surface area (Å²) in [5, 5.41) is 13.5. The van der Waals surface area contributed by atoms with E-state index in [4.69, 9.17) is 44.8 Å². The lowest BCUT2D eigenvalue weighted by Crippen LogP contribution is -2.21. The second-order valence-electron chi connectivity index (χ2n) is 4.12. The first-order valence-corrected chi connectivity index (χ1v) is 8.03. The first-order chi connectivity index (χ1) is 10.9. The van der Waals surface area contributed by atoms with Crippen LogP contribution in [0, 0.1) is 11.3 Å². The minimum absolute atomic E-state index is 0.0467. The number of carbonyl (C=O) groups excluding carboxylic acids is 2. The number of anilines is 1. The van der Waals surface area contributed by atoms with Crippen LogP contribution in [0.1, 0.15) is 15.9 Å². The van der Waals surface area contributed by atoms with E-state index in [0.717, 1.165) is 0 Å². The van der Waals surface area contributed by atoms with Crippen molar-refractivity contribution in [1.29, 1.82) is 5.26 Å². The van der Waals surface area contributed by atoms with Crippen LogP contribution in [-0.4, -0.2) is 18.5 Å². The van der Waals surface area contributed by atoms with E-state index >= 15 is 0 Å². The Hall–Kier alpha value is -1.78. The topological polar surface area (TPSA) is 79.2 Å². The summed E-state index contributed by atoms with van der Waals surface area (Å²) < 4.78 is 4.87. The molecule has 23 heavy (non-hydrogen) atoms. The van der Waals surface area contributed by atoms with Crippen molar-refractivity contribution in [3.05, 3.63) is 49.8 Å². The van der Waals surface area contributed by atoms with Gasteiger partial charge in [-0.2, -0.15) is 5.26 Å². The number of nitriles is 1. The van der Waals surface area contributed by atoms with Crippen molar-refractivity contribution in [3.8, 4) is 6.07 Å². The third-order valence-corrected chi connectivity index (χ3v) is 4.57. The average molecular weight is 390 g/mol. The molecule has 2 aromatic rings. The third kappa shape index (κ3) is 4.15. The molecule has 0 radical (unpaired) electrons. The van der Waals surface area contributed by atoms with Gasteiger partial charge in [-0.25, -0.2) is 4.79 Å². The molecule has 0 aliphatic heterocycles. The minimum Gasteiger partial charge on any atom is -0.452 e. The molecule has 9 heteroatoms. The highest BCUT2D eigenvalue weighted by molar-refractivity contribution is 7.14. The van der Waals surface area contributed by atoms with E-state index in [0.29, 0.717) is 10.6 Å². The molecule has 0 atom stereocenters. The van der Waals surface area contributed by atoms with Crippen molar-refractivity contribution >= 4 is 63.0 Å². The highest BCUT2D eigenvalue weighted by atomic mass is 35.5. The van der Waals surface area contributed by atoms with Crippen molar-refractivity contribution in [2.45, 2.75) is 0 Å². The second kappa shape index (κ2) is 7.66. The normalized spacial score (nSPS) is 10.0. The van der Waals surface area contributed by atoms with Crippen molar-refractivity contribution in [3.63, 3.8) is 0 Å². The maximum Gasteiger partial charge on any atom is 0.341 e. The highest BCUT2D eigenvalue weighted by Gasteiger charge is 2.20. The predicted octanol–water partition coefficient (Wildman–Crippen LogP) is 4.38. The van der Waals surface area contributed by atoms with Gasteiger partial charge in [0.25, 0.3) is 5.91 Å². The van der Waals surface area contributed by atoms with Gasteiger partial charge in [-0.3, -0.25) is 4.79 Å². The molecule has 0 saturated heterocycles. The number of esters is 1. The van der Waals surface area contributed by atoms with E-state index in [1.54, 1.807) is 11.4 Å². The fraction of sp³-hybridized carbons (Fsp3) is 0.0714. The Morgan fingerprint density at radius 3 is 2.61 bits per heavy atom. The molecule has 0 spiro atoms. The van der Waals surface area contributed by atoms with Crippen LogP contribution in [0.3, 0.4) is 0 Å². The number of halogens is 3. The van der Waals surface area contributed by atoms with Gasteiger partial charge in [0.1, 0.15) is 11.1 Å². The molecular weight excluding hydrogens is 383 g/mol. The number of nitrogens with one attached hydrogen (secondary N) is 1. The van der Waals surface area contributed by atoms with Crippen LogP contribution in [0.15, 0.2) is 23.6 Å². The monoisotopic (exact) mass is 388 g/mol. The molecule has 5 nitrogen and oxygen atoms in total. The predicted molar refractivity (Wildman–Crippen MR) is 89.4 cm³/mol. The summed E-state index contributed by atoms with van der Waals surface area (Å²) in [6.45, 7) is -0.555. The number of hydrogen-bond acceptors (Lipinski definition) is 5. The molecule has 0 fully saturated rings. The van der Waals surface area contributed by atoms with Crippen LogP contribution in [-0.2, 0) is 9.53 Å². The Kier molecular flexibility index (Phi) is 5.85. The third-order valence-electron chi connectivity index (χ3n) is 2.62. The first kappa shape index (κ1) is 17.6. The van der Waals surface area contributed by atoms with Gasteiger partial charge in [0, 0.05) is 0 Å². The van der Waals surface area contributed by atoms with E-state index in [-0.39, 0.29) is 20.6 Å². The van der Waals surface area contributed by atoms with E-state index in [9.17, 15) is 9.59 Å². The van der Waals surface area contributed by atoms with Crippen molar-refractivity contribution < 1.29 is 14.3 Å². The summed E-state index contributed by atoms with van der Waals surface area (Å²) in [5.74, 6) is -1.46. The van der Waals surface area contributed by atoms with Crippen LogP contribution in [0.25, 0.3) is 0 Å². The summed E-state index contributed by atoms with van der Waals surface area (Å²) in [6, 6.07) is 6.34. The van der Waals surface area contributed by atoms with Gasteiger partial charge in [0.2, 0.25) is 0 Å². The molecule has 0 aliphatic carbocycles. The second-order valence-corrected chi connectivity index (χ2v) is 6.23. The molecule has 1 heterocycles. The SMILES string of the molecule is N#Cc1ccsc1NC(=O)COC(=O)c1c(Cl)ccc(Cl)c1Cl.